The Bertz CT molecular complexity index is 688. The van der Waals surface area contributed by atoms with Crippen molar-refractivity contribution in [3.8, 4) is 0 Å². The van der Waals surface area contributed by atoms with Gasteiger partial charge in [0.2, 0.25) is 5.78 Å². The van der Waals surface area contributed by atoms with Crippen LogP contribution in [0.15, 0.2) is 30.3 Å². The monoisotopic (exact) mass is 344 g/mol. The maximum Gasteiger partial charge on any atom is 0.285 e. The van der Waals surface area contributed by atoms with Crippen molar-refractivity contribution in [1.82, 2.24) is 4.90 Å². The number of ether oxygens (including phenoxy) is 1. The average molecular weight is 344 g/mol. The van der Waals surface area contributed by atoms with Crippen LogP contribution in [0.25, 0.3) is 0 Å². The van der Waals surface area contributed by atoms with Crippen molar-refractivity contribution >= 4 is 5.78 Å². The number of Topliss-reactive ketones (excluding diaryl/α,β-unsaturated/α-hetero) is 1. The number of fused-ring (bicyclic) bond motifs is 1. The molecule has 1 aromatic carbocycles. The summed E-state index contributed by atoms with van der Waals surface area (Å²) in [5.74, 6) is -0.569. The zero-order valence-electron chi connectivity index (χ0n) is 14.5. The van der Waals surface area contributed by atoms with Crippen molar-refractivity contribution in [2.45, 2.75) is 43.2 Å². The summed E-state index contributed by atoms with van der Waals surface area (Å²) in [6, 6.07) is 9.60. The van der Waals surface area contributed by atoms with Gasteiger partial charge in [0.1, 0.15) is 0 Å². The van der Waals surface area contributed by atoms with Gasteiger partial charge in [-0.1, -0.05) is 36.8 Å². The maximum atomic E-state index is 13.6. The molecule has 0 bridgehead atoms. The normalized spacial score (nSPS) is 38.7. The molecule has 1 saturated heterocycles. The zero-order valence-corrected chi connectivity index (χ0v) is 14.5. The second-order valence-electron chi connectivity index (χ2n) is 7.64. The van der Waals surface area contributed by atoms with Gasteiger partial charge in [0, 0.05) is 24.9 Å². The van der Waals surface area contributed by atoms with Crippen molar-refractivity contribution in [3.63, 3.8) is 0 Å². The third-order valence-corrected chi connectivity index (χ3v) is 6.66. The van der Waals surface area contributed by atoms with E-state index in [0.29, 0.717) is 26.3 Å². The van der Waals surface area contributed by atoms with Crippen LogP contribution < -0.4 is 0 Å². The van der Waals surface area contributed by atoms with E-state index in [1.165, 1.54) is 0 Å². The summed E-state index contributed by atoms with van der Waals surface area (Å²) in [5.41, 5.74) is -1.35. The molecule has 6 nitrogen and oxygen atoms in total. The number of hydrogen-bond acceptors (Lipinski definition) is 5. The fourth-order valence-corrected chi connectivity index (χ4v) is 5.62. The van der Waals surface area contributed by atoms with Crippen LogP contribution in [0.2, 0.25) is 0 Å². The van der Waals surface area contributed by atoms with E-state index in [1.807, 2.05) is 30.3 Å². The van der Waals surface area contributed by atoms with Gasteiger partial charge >= 0.3 is 0 Å². The van der Waals surface area contributed by atoms with Crippen molar-refractivity contribution < 1.29 is 14.5 Å². The summed E-state index contributed by atoms with van der Waals surface area (Å²) in [5, 5.41) is 12.1. The van der Waals surface area contributed by atoms with E-state index in [0.717, 1.165) is 24.8 Å². The summed E-state index contributed by atoms with van der Waals surface area (Å²) >= 11 is 0. The van der Waals surface area contributed by atoms with Crippen molar-refractivity contribution in [2.75, 3.05) is 26.3 Å². The molecule has 0 radical (unpaired) electrons. The Kier molecular flexibility index (Phi) is 3.92. The van der Waals surface area contributed by atoms with Crippen LogP contribution in [-0.4, -0.2) is 53.0 Å². The van der Waals surface area contributed by atoms with Gasteiger partial charge in [-0.25, -0.2) is 0 Å². The molecule has 4 atom stereocenters. The highest BCUT2D eigenvalue weighted by Gasteiger charge is 2.75. The first-order valence-corrected chi connectivity index (χ1v) is 9.10. The third-order valence-electron chi connectivity index (χ3n) is 6.66. The van der Waals surface area contributed by atoms with Crippen LogP contribution >= 0.6 is 0 Å². The van der Waals surface area contributed by atoms with E-state index >= 15 is 0 Å². The van der Waals surface area contributed by atoms with E-state index in [9.17, 15) is 14.9 Å². The first-order chi connectivity index (χ1) is 12.0. The third kappa shape index (κ3) is 2.13. The maximum absolute atomic E-state index is 13.6. The van der Waals surface area contributed by atoms with Gasteiger partial charge in [0.25, 0.3) is 5.54 Å². The molecule has 3 fully saturated rings. The number of carbonyl (C=O) groups excluding carboxylic acids is 1. The molecule has 25 heavy (non-hydrogen) atoms. The highest BCUT2D eigenvalue weighted by atomic mass is 16.6. The fraction of sp³-hybridized carbons (Fsp3) is 0.632. The summed E-state index contributed by atoms with van der Waals surface area (Å²) in [6.45, 7) is 4.09. The second-order valence-corrected chi connectivity index (χ2v) is 7.64. The highest BCUT2D eigenvalue weighted by molar-refractivity contribution is 6.00. The first-order valence-electron chi connectivity index (χ1n) is 9.10. The van der Waals surface area contributed by atoms with Crippen LogP contribution in [0.4, 0.5) is 0 Å². The van der Waals surface area contributed by atoms with Crippen LogP contribution in [0.3, 0.4) is 0 Å². The minimum Gasteiger partial charge on any atom is -0.379 e. The molecule has 3 aliphatic rings. The Morgan fingerprint density at radius 3 is 2.56 bits per heavy atom. The van der Waals surface area contributed by atoms with Crippen molar-refractivity contribution in [3.05, 3.63) is 46.0 Å². The summed E-state index contributed by atoms with van der Waals surface area (Å²) in [7, 11) is 0. The molecule has 1 aliphatic heterocycles. The largest absolute Gasteiger partial charge is 0.379 e. The lowest BCUT2D eigenvalue weighted by Gasteiger charge is -2.42. The Hall–Kier alpha value is -1.79. The van der Waals surface area contributed by atoms with Crippen molar-refractivity contribution in [2.24, 2.45) is 5.92 Å². The van der Waals surface area contributed by atoms with Crippen LogP contribution in [-0.2, 0) is 9.53 Å². The topological polar surface area (TPSA) is 72.7 Å². The summed E-state index contributed by atoms with van der Waals surface area (Å²) in [6.07, 6.45) is 2.54. The molecule has 0 amide bonds. The number of benzene rings is 1. The smallest absolute Gasteiger partial charge is 0.285 e. The standard InChI is InChI=1S/C19H24N2O4/c1-18(21(23)24)16(14-6-3-2-4-7-14)15-8-5-9-19(15,17(18)22)20-10-12-25-13-11-20/h2-4,6-7,15-16H,5,8-13H2,1H3/t15-,16-,18+,19+/m0/s1. The summed E-state index contributed by atoms with van der Waals surface area (Å²) in [4.78, 5) is 27.6. The van der Waals surface area contributed by atoms with E-state index < -0.39 is 11.1 Å². The van der Waals surface area contributed by atoms with E-state index in [2.05, 4.69) is 4.90 Å². The minimum absolute atomic E-state index is 0.00380. The molecule has 2 aliphatic carbocycles. The van der Waals surface area contributed by atoms with Crippen LogP contribution in [0.5, 0.6) is 0 Å². The number of nitro groups is 1. The molecule has 1 aromatic rings. The van der Waals surface area contributed by atoms with Gasteiger partial charge in [0.05, 0.1) is 24.7 Å². The molecule has 0 aromatic heterocycles. The van der Waals surface area contributed by atoms with Crippen LogP contribution in [0.1, 0.15) is 37.7 Å². The molecular weight excluding hydrogens is 320 g/mol. The Morgan fingerprint density at radius 2 is 1.92 bits per heavy atom. The molecule has 2 saturated carbocycles. The van der Waals surface area contributed by atoms with Gasteiger partial charge in [-0.2, -0.15) is 0 Å². The highest BCUT2D eigenvalue weighted by Crippen LogP contribution is 2.60. The number of rotatable bonds is 3. The second kappa shape index (κ2) is 5.88. The molecule has 0 N–H and O–H groups in total. The molecule has 0 unspecified atom stereocenters. The number of carbonyl (C=O) groups is 1. The van der Waals surface area contributed by atoms with Gasteiger partial charge in [-0.3, -0.25) is 19.8 Å². The lowest BCUT2D eigenvalue weighted by atomic mass is 9.77. The first kappa shape index (κ1) is 16.7. The van der Waals surface area contributed by atoms with Gasteiger partial charge < -0.3 is 4.74 Å². The minimum atomic E-state index is -1.56. The SMILES string of the molecule is C[C@]1([N+](=O)[O-])C(=O)[C@@]2(N3CCOCC3)CCC[C@H]2[C@@H]1c1ccccc1. The molecule has 6 heteroatoms. The summed E-state index contributed by atoms with van der Waals surface area (Å²) < 4.78 is 5.46. The molecule has 0 spiro atoms. The van der Waals surface area contributed by atoms with Crippen molar-refractivity contribution in [1.29, 1.82) is 0 Å². The van der Waals surface area contributed by atoms with E-state index in [-0.39, 0.29) is 22.5 Å². The Labute approximate surface area is 147 Å². The predicted molar refractivity (Wildman–Crippen MR) is 92.1 cm³/mol. The molecular formula is C19H24N2O4. The van der Waals surface area contributed by atoms with Crippen LogP contribution in [0, 0.1) is 16.0 Å². The fourth-order valence-electron chi connectivity index (χ4n) is 5.62. The number of nitrogens with zero attached hydrogens (tertiary/aromatic N) is 2. The molecule has 4 rings (SSSR count). The average Bonchev–Trinajstić information content (AvgIpc) is 3.14. The molecule has 134 valence electrons. The van der Waals surface area contributed by atoms with Gasteiger partial charge in [-0.05, 0) is 24.3 Å². The number of morpholine rings is 1. The lowest BCUT2D eigenvalue weighted by molar-refractivity contribution is -0.550. The number of hydrogen-bond donors (Lipinski definition) is 0. The van der Waals surface area contributed by atoms with Gasteiger partial charge in [0.15, 0.2) is 0 Å². The lowest BCUT2D eigenvalue weighted by Crippen LogP contribution is -2.60. The molecule has 1 heterocycles. The Balaban J connectivity index is 1.86. The van der Waals surface area contributed by atoms with Gasteiger partial charge in [-0.15, -0.1) is 0 Å². The predicted octanol–water partition coefficient (Wildman–Crippen LogP) is 2.26. The zero-order chi connectivity index (χ0) is 17.7. The van der Waals surface area contributed by atoms with E-state index in [1.54, 1.807) is 6.92 Å². The quantitative estimate of drug-likeness (QED) is 0.621. The Morgan fingerprint density at radius 1 is 1.24 bits per heavy atom. The number of ketones is 1. The van der Waals surface area contributed by atoms with E-state index in [4.69, 9.17) is 4.74 Å².